The van der Waals surface area contributed by atoms with Crippen LogP contribution in [0.3, 0.4) is 0 Å². The molecule has 84 valence electrons. The molecule has 8 heteroatoms. The van der Waals surface area contributed by atoms with Crippen LogP contribution in [0.1, 0.15) is 0 Å². The van der Waals surface area contributed by atoms with Crippen molar-refractivity contribution in [1.29, 1.82) is 0 Å². The van der Waals surface area contributed by atoms with Gasteiger partial charge in [-0.1, -0.05) is 46.4 Å². The zero-order chi connectivity index (χ0) is 11.7. The van der Waals surface area contributed by atoms with Gasteiger partial charge in [0.2, 0.25) is 0 Å². The van der Waals surface area contributed by atoms with Gasteiger partial charge in [0, 0.05) is 15.6 Å². The topological polar surface area (TPSA) is 25.2 Å². The maximum absolute atomic E-state index is 5.99. The summed E-state index contributed by atoms with van der Waals surface area (Å²) in [5.74, 6) is 0. The number of hydrogen-bond acceptors (Lipinski definition) is 4. The van der Waals surface area contributed by atoms with Crippen molar-refractivity contribution in [2.45, 2.75) is 0 Å². The lowest BCUT2D eigenvalue weighted by molar-refractivity contribution is 1.37. The Bertz CT molecular complexity index is 567. The zero-order valence-corrected chi connectivity index (χ0v) is 12.0. The summed E-state index contributed by atoms with van der Waals surface area (Å²) in [6.45, 7) is 0. The van der Waals surface area contributed by atoms with Crippen molar-refractivity contribution in [3.63, 3.8) is 0 Å². The molecule has 0 bridgehead atoms. The van der Waals surface area contributed by atoms with E-state index in [-0.39, 0.29) is 0 Å². The highest BCUT2D eigenvalue weighted by Crippen LogP contribution is 2.35. The van der Waals surface area contributed by atoms with Gasteiger partial charge in [-0.15, -0.1) is 0 Å². The molecular weight excluding hydrogens is 330 g/mol. The molecule has 0 unspecified atom stereocenters. The third kappa shape index (κ3) is 2.70. The second-order valence-electron chi connectivity index (χ2n) is 2.67. The van der Waals surface area contributed by atoms with E-state index in [0.717, 1.165) is 0 Å². The molecule has 0 saturated carbocycles. The molecule has 2 rings (SSSR count). The van der Waals surface area contributed by atoms with E-state index >= 15 is 0 Å². The summed E-state index contributed by atoms with van der Waals surface area (Å²) in [4.78, 5) is 4.25. The molecule has 0 atom stereocenters. The number of rotatable bonds is 1. The normalized spacial score (nSPS) is 12.1. The molecule has 0 spiro atoms. The smallest absolute Gasteiger partial charge is 0.179 e. The molecule has 0 aliphatic carbocycles. The van der Waals surface area contributed by atoms with Crippen LogP contribution in [0.25, 0.3) is 0 Å². The van der Waals surface area contributed by atoms with Gasteiger partial charge >= 0.3 is 0 Å². The molecule has 0 N–H and O–H groups in total. The van der Waals surface area contributed by atoms with Gasteiger partial charge in [-0.3, -0.25) is 0 Å². The Kier molecular flexibility index (Phi) is 4.11. The van der Waals surface area contributed by atoms with E-state index in [9.17, 15) is 0 Å². The van der Waals surface area contributed by atoms with E-state index in [4.69, 9.17) is 46.4 Å². The molecule has 0 saturated heterocycles. The highest BCUT2D eigenvalue weighted by atomic mass is 35.5. The molecule has 0 aliphatic heterocycles. The van der Waals surface area contributed by atoms with Crippen molar-refractivity contribution in [3.05, 3.63) is 37.0 Å². The molecule has 1 aromatic heterocycles. The van der Waals surface area contributed by atoms with Crippen LogP contribution in [-0.4, -0.2) is 4.37 Å². The number of benzene rings is 1. The quantitative estimate of drug-likeness (QED) is 0.671. The van der Waals surface area contributed by atoms with Crippen molar-refractivity contribution in [2.24, 2.45) is 4.99 Å². The number of hydrogen-bond donors (Lipinski definition) is 0. The fourth-order valence-electron chi connectivity index (χ4n) is 0.968. The summed E-state index contributed by atoms with van der Waals surface area (Å²) in [6.07, 6.45) is 0. The van der Waals surface area contributed by atoms with Crippen LogP contribution in [0.4, 0.5) is 5.69 Å². The molecule has 0 amide bonds. The summed E-state index contributed by atoms with van der Waals surface area (Å²) >= 11 is 23.6. The third-order valence-electron chi connectivity index (χ3n) is 1.61. The molecule has 0 radical (unpaired) electrons. The zero-order valence-electron chi connectivity index (χ0n) is 7.38. The van der Waals surface area contributed by atoms with Crippen molar-refractivity contribution >= 4 is 73.0 Å². The van der Waals surface area contributed by atoms with Gasteiger partial charge in [0.15, 0.2) is 9.82 Å². The summed E-state index contributed by atoms with van der Waals surface area (Å²) in [5.41, 5.74) is 0.450. The summed E-state index contributed by atoms with van der Waals surface area (Å²) in [7, 11) is 2.60. The Morgan fingerprint density at radius 2 is 1.69 bits per heavy atom. The minimum Gasteiger partial charge on any atom is -0.231 e. The van der Waals surface area contributed by atoms with E-state index in [2.05, 4.69) is 9.37 Å². The monoisotopic (exact) mass is 330 g/mol. The minimum atomic E-state index is 0.345. The van der Waals surface area contributed by atoms with Gasteiger partial charge < -0.3 is 0 Å². The van der Waals surface area contributed by atoms with Crippen LogP contribution >= 0.6 is 67.3 Å². The van der Waals surface area contributed by atoms with Gasteiger partial charge in [-0.25, -0.2) is 4.99 Å². The maximum atomic E-state index is 5.99. The first kappa shape index (κ1) is 12.6. The van der Waals surface area contributed by atoms with Crippen LogP contribution in [0.5, 0.6) is 0 Å². The number of halogens is 4. The predicted molar refractivity (Wildman–Crippen MR) is 71.7 cm³/mol. The number of nitrogens with zero attached hydrogens (tertiary/aromatic N) is 2. The van der Waals surface area contributed by atoms with E-state index in [1.165, 1.54) is 20.9 Å². The first-order valence-electron chi connectivity index (χ1n) is 3.88. The largest absolute Gasteiger partial charge is 0.231 e. The standard InChI is InChI=1S/C8H2Cl4N2S2/c9-3-1-4(10)6(5(11)2-3)13-8-7(12)14-16-15-8/h1-2H. The fraction of sp³-hybridized carbons (Fsp3) is 0. The second-order valence-corrected chi connectivity index (χ2v) is 6.12. The molecule has 0 aliphatic rings. The van der Waals surface area contributed by atoms with Crippen LogP contribution in [0.15, 0.2) is 17.1 Å². The minimum absolute atomic E-state index is 0.345. The van der Waals surface area contributed by atoms with E-state index in [1.807, 2.05) is 0 Å². The highest BCUT2D eigenvalue weighted by Gasteiger charge is 2.07. The van der Waals surface area contributed by atoms with Gasteiger partial charge in [0.05, 0.1) is 10.0 Å². The van der Waals surface area contributed by atoms with E-state index in [1.54, 1.807) is 12.1 Å². The Morgan fingerprint density at radius 3 is 2.19 bits per heavy atom. The summed E-state index contributed by atoms with van der Waals surface area (Å²) in [5, 5.41) is 1.57. The predicted octanol–water partition coefficient (Wildman–Crippen LogP) is 5.05. The van der Waals surface area contributed by atoms with Crippen molar-refractivity contribution in [1.82, 2.24) is 4.37 Å². The Hall–Kier alpha value is 0.160. The lowest BCUT2D eigenvalue weighted by Gasteiger charge is -2.01. The average molecular weight is 332 g/mol. The van der Waals surface area contributed by atoms with Gasteiger partial charge in [-0.2, -0.15) is 4.37 Å². The van der Waals surface area contributed by atoms with Gasteiger partial charge in [-0.05, 0) is 22.5 Å². The second kappa shape index (κ2) is 5.21. The summed E-state index contributed by atoms with van der Waals surface area (Å²) < 4.78 is 4.49. The molecule has 2 aromatic rings. The molecular formula is C8H2Cl4N2S2. The van der Waals surface area contributed by atoms with Crippen LogP contribution in [0.2, 0.25) is 20.2 Å². The first-order chi connectivity index (χ1) is 7.58. The Morgan fingerprint density at radius 1 is 1.06 bits per heavy atom. The van der Waals surface area contributed by atoms with E-state index < -0.39 is 0 Å². The lowest BCUT2D eigenvalue weighted by atomic mass is 10.3. The SMILES string of the molecule is Clc1cc(Cl)c(N=c2ssnc2Cl)c(Cl)c1. The average Bonchev–Trinajstić information content (AvgIpc) is 2.57. The van der Waals surface area contributed by atoms with Gasteiger partial charge in [0.25, 0.3) is 0 Å². The molecule has 1 heterocycles. The summed E-state index contributed by atoms with van der Waals surface area (Å²) in [6, 6.07) is 3.15. The Balaban J connectivity index is 2.63. The molecule has 2 nitrogen and oxygen atoms in total. The van der Waals surface area contributed by atoms with E-state index in [0.29, 0.717) is 30.6 Å². The Labute approximate surface area is 119 Å². The molecule has 1 aromatic carbocycles. The van der Waals surface area contributed by atoms with Crippen molar-refractivity contribution in [2.75, 3.05) is 0 Å². The molecule has 16 heavy (non-hydrogen) atoms. The highest BCUT2D eigenvalue weighted by molar-refractivity contribution is 7.66. The van der Waals surface area contributed by atoms with Crippen molar-refractivity contribution < 1.29 is 0 Å². The van der Waals surface area contributed by atoms with Crippen LogP contribution in [-0.2, 0) is 0 Å². The first-order valence-corrected chi connectivity index (χ1v) is 7.50. The lowest BCUT2D eigenvalue weighted by Crippen LogP contribution is -1.93. The molecule has 0 fully saturated rings. The van der Waals surface area contributed by atoms with Crippen LogP contribution < -0.4 is 4.67 Å². The fourth-order valence-corrected chi connectivity index (χ4v) is 3.85. The third-order valence-corrected chi connectivity index (χ3v) is 4.57. The maximum Gasteiger partial charge on any atom is 0.179 e. The van der Waals surface area contributed by atoms with Crippen LogP contribution in [0, 0.1) is 0 Å². The number of aromatic nitrogens is 1. The van der Waals surface area contributed by atoms with Crippen molar-refractivity contribution in [3.8, 4) is 0 Å². The van der Waals surface area contributed by atoms with Gasteiger partial charge in [0.1, 0.15) is 5.69 Å².